The summed E-state index contributed by atoms with van der Waals surface area (Å²) in [5, 5.41) is 14.3. The highest BCUT2D eigenvalue weighted by Gasteiger charge is 2.25. The van der Waals surface area contributed by atoms with E-state index in [4.69, 9.17) is 0 Å². The lowest BCUT2D eigenvalue weighted by Crippen LogP contribution is -2.39. The van der Waals surface area contributed by atoms with E-state index in [0.717, 1.165) is 24.8 Å². The van der Waals surface area contributed by atoms with Crippen molar-refractivity contribution in [2.75, 3.05) is 6.54 Å². The van der Waals surface area contributed by atoms with Gasteiger partial charge in [0.2, 0.25) is 0 Å². The van der Waals surface area contributed by atoms with Crippen LogP contribution in [0.4, 0.5) is 5.69 Å². The molecule has 0 saturated heterocycles. The molecule has 0 heterocycles. The Balaban J connectivity index is 2.00. The van der Waals surface area contributed by atoms with E-state index in [1.807, 2.05) is 12.1 Å². The molecule has 4 nitrogen and oxygen atoms in total. The molecular weight excluding hydrogens is 264 g/mol. The van der Waals surface area contributed by atoms with E-state index in [2.05, 4.69) is 19.2 Å². The lowest BCUT2D eigenvalue weighted by atomic mass is 9.77. The topological polar surface area (TPSA) is 55.2 Å². The zero-order valence-electron chi connectivity index (χ0n) is 13.0. The molecule has 0 aromatic heterocycles. The second-order valence-corrected chi connectivity index (χ2v) is 6.31. The van der Waals surface area contributed by atoms with E-state index in [9.17, 15) is 10.1 Å². The minimum Gasteiger partial charge on any atom is -0.314 e. The van der Waals surface area contributed by atoms with Crippen molar-refractivity contribution >= 4 is 5.69 Å². The molecule has 1 aromatic carbocycles. The van der Waals surface area contributed by atoms with Crippen LogP contribution in [0.2, 0.25) is 0 Å². The number of rotatable bonds is 6. The average molecular weight is 290 g/mol. The van der Waals surface area contributed by atoms with Crippen molar-refractivity contribution in [2.24, 2.45) is 11.8 Å². The van der Waals surface area contributed by atoms with Crippen molar-refractivity contribution in [3.05, 3.63) is 39.9 Å². The molecule has 0 bridgehead atoms. The second kappa shape index (κ2) is 7.55. The summed E-state index contributed by atoms with van der Waals surface area (Å²) in [5.74, 6) is 1.60. The molecule has 0 spiro atoms. The molecule has 0 aliphatic heterocycles. The Morgan fingerprint density at radius 3 is 2.38 bits per heavy atom. The number of nitrogens with zero attached hydrogens (tertiary/aromatic N) is 1. The summed E-state index contributed by atoms with van der Waals surface area (Å²) in [6.07, 6.45) is 6.21. The molecule has 116 valence electrons. The fourth-order valence-corrected chi connectivity index (χ4v) is 3.36. The Kier molecular flexibility index (Phi) is 5.74. The summed E-state index contributed by atoms with van der Waals surface area (Å²) in [4.78, 5) is 10.4. The highest BCUT2D eigenvalue weighted by molar-refractivity contribution is 5.33. The first kappa shape index (κ1) is 16.0. The Hall–Kier alpha value is -1.42. The first-order valence-electron chi connectivity index (χ1n) is 8.06. The van der Waals surface area contributed by atoms with Crippen molar-refractivity contribution in [1.29, 1.82) is 0 Å². The first-order valence-corrected chi connectivity index (χ1v) is 8.06. The smallest absolute Gasteiger partial charge is 0.269 e. The van der Waals surface area contributed by atoms with Crippen LogP contribution >= 0.6 is 0 Å². The van der Waals surface area contributed by atoms with Crippen LogP contribution in [0.1, 0.15) is 45.1 Å². The van der Waals surface area contributed by atoms with E-state index in [0.29, 0.717) is 6.04 Å². The SMILES string of the molecule is CCNC(Cc1ccc([N+](=O)[O-])cc1)C1CCC(C)CC1. The molecule has 1 unspecified atom stereocenters. The quantitative estimate of drug-likeness (QED) is 0.637. The molecule has 21 heavy (non-hydrogen) atoms. The summed E-state index contributed by atoms with van der Waals surface area (Å²) < 4.78 is 0. The second-order valence-electron chi connectivity index (χ2n) is 6.31. The summed E-state index contributed by atoms with van der Waals surface area (Å²) in [6.45, 7) is 5.47. The van der Waals surface area contributed by atoms with Gasteiger partial charge in [-0.3, -0.25) is 10.1 Å². The van der Waals surface area contributed by atoms with E-state index in [1.165, 1.54) is 31.2 Å². The number of nitro benzene ring substituents is 1. The van der Waals surface area contributed by atoms with Crippen LogP contribution in [-0.4, -0.2) is 17.5 Å². The third kappa shape index (κ3) is 4.53. The maximum Gasteiger partial charge on any atom is 0.269 e. The minimum absolute atomic E-state index is 0.172. The highest BCUT2D eigenvalue weighted by atomic mass is 16.6. The summed E-state index contributed by atoms with van der Waals surface area (Å²) in [6, 6.07) is 7.51. The van der Waals surface area contributed by atoms with Gasteiger partial charge >= 0.3 is 0 Å². The van der Waals surface area contributed by atoms with Crippen molar-refractivity contribution in [2.45, 2.75) is 52.0 Å². The molecular formula is C17H26N2O2. The van der Waals surface area contributed by atoms with Crippen LogP contribution < -0.4 is 5.32 Å². The van der Waals surface area contributed by atoms with Gasteiger partial charge in [0.05, 0.1) is 4.92 Å². The molecule has 4 heteroatoms. The molecule has 1 N–H and O–H groups in total. The van der Waals surface area contributed by atoms with Crippen molar-refractivity contribution < 1.29 is 4.92 Å². The first-order chi connectivity index (χ1) is 10.1. The molecule has 0 amide bonds. The zero-order chi connectivity index (χ0) is 15.2. The van der Waals surface area contributed by atoms with Gasteiger partial charge in [-0.25, -0.2) is 0 Å². The number of benzene rings is 1. The summed E-state index contributed by atoms with van der Waals surface area (Å²) in [7, 11) is 0. The van der Waals surface area contributed by atoms with Crippen LogP contribution in [-0.2, 0) is 6.42 Å². The minimum atomic E-state index is -0.339. The number of nitro groups is 1. The van der Waals surface area contributed by atoms with Gasteiger partial charge in [0.1, 0.15) is 0 Å². The Bertz CT molecular complexity index is 450. The molecule has 0 radical (unpaired) electrons. The van der Waals surface area contributed by atoms with Crippen molar-refractivity contribution in [3.8, 4) is 0 Å². The van der Waals surface area contributed by atoms with E-state index in [-0.39, 0.29) is 10.6 Å². The van der Waals surface area contributed by atoms with Gasteiger partial charge in [0.25, 0.3) is 5.69 Å². The molecule has 1 atom stereocenters. The predicted molar refractivity (Wildman–Crippen MR) is 85.4 cm³/mol. The number of hydrogen-bond acceptors (Lipinski definition) is 3. The number of nitrogens with one attached hydrogen (secondary N) is 1. The molecule has 1 fully saturated rings. The van der Waals surface area contributed by atoms with Crippen LogP contribution in [0.3, 0.4) is 0 Å². The van der Waals surface area contributed by atoms with Gasteiger partial charge in [0, 0.05) is 18.2 Å². The summed E-state index contributed by atoms with van der Waals surface area (Å²) >= 11 is 0. The molecule has 1 aliphatic carbocycles. The number of likely N-dealkylation sites (N-methyl/N-ethyl adjacent to an activating group) is 1. The summed E-state index contributed by atoms with van der Waals surface area (Å²) in [5.41, 5.74) is 1.36. The normalized spacial score (nSPS) is 23.7. The van der Waals surface area contributed by atoms with E-state index < -0.39 is 0 Å². The maximum absolute atomic E-state index is 10.7. The fourth-order valence-electron chi connectivity index (χ4n) is 3.36. The largest absolute Gasteiger partial charge is 0.314 e. The maximum atomic E-state index is 10.7. The van der Waals surface area contributed by atoms with Crippen molar-refractivity contribution in [1.82, 2.24) is 5.32 Å². The predicted octanol–water partition coefficient (Wildman–Crippen LogP) is 3.94. The lowest BCUT2D eigenvalue weighted by Gasteiger charge is -2.33. The van der Waals surface area contributed by atoms with Crippen LogP contribution in [0, 0.1) is 22.0 Å². The van der Waals surface area contributed by atoms with Gasteiger partial charge < -0.3 is 5.32 Å². The molecule has 1 aromatic rings. The molecule has 1 aliphatic rings. The third-order valence-electron chi connectivity index (χ3n) is 4.70. The van der Waals surface area contributed by atoms with E-state index >= 15 is 0 Å². The van der Waals surface area contributed by atoms with Gasteiger partial charge in [-0.05, 0) is 43.2 Å². The Morgan fingerprint density at radius 1 is 1.24 bits per heavy atom. The van der Waals surface area contributed by atoms with Crippen LogP contribution in [0.25, 0.3) is 0 Å². The zero-order valence-corrected chi connectivity index (χ0v) is 13.0. The molecule has 2 rings (SSSR count). The van der Waals surface area contributed by atoms with Gasteiger partial charge in [0.15, 0.2) is 0 Å². The lowest BCUT2D eigenvalue weighted by molar-refractivity contribution is -0.384. The molecule has 1 saturated carbocycles. The highest BCUT2D eigenvalue weighted by Crippen LogP contribution is 2.31. The number of hydrogen-bond donors (Lipinski definition) is 1. The Labute approximate surface area is 127 Å². The Morgan fingerprint density at radius 2 is 1.86 bits per heavy atom. The van der Waals surface area contributed by atoms with E-state index in [1.54, 1.807) is 12.1 Å². The van der Waals surface area contributed by atoms with Gasteiger partial charge in [-0.15, -0.1) is 0 Å². The van der Waals surface area contributed by atoms with Crippen LogP contribution in [0.5, 0.6) is 0 Å². The standard InChI is InChI=1S/C17H26N2O2/c1-3-18-17(15-8-4-13(2)5-9-15)12-14-6-10-16(11-7-14)19(20)21/h6-7,10-11,13,15,17-18H,3-5,8-9,12H2,1-2H3. The third-order valence-corrected chi connectivity index (χ3v) is 4.70. The monoisotopic (exact) mass is 290 g/mol. The fraction of sp³-hybridized carbons (Fsp3) is 0.647. The van der Waals surface area contributed by atoms with Gasteiger partial charge in [-0.1, -0.05) is 38.8 Å². The van der Waals surface area contributed by atoms with Gasteiger partial charge in [-0.2, -0.15) is 0 Å². The van der Waals surface area contributed by atoms with Crippen molar-refractivity contribution in [3.63, 3.8) is 0 Å². The van der Waals surface area contributed by atoms with Crippen LogP contribution in [0.15, 0.2) is 24.3 Å². The average Bonchev–Trinajstić information content (AvgIpc) is 2.48. The number of non-ortho nitro benzene ring substituents is 1.